The van der Waals surface area contributed by atoms with Gasteiger partial charge >= 0.3 is 0 Å². The molecular formula is C41H28N2OSi. The Balaban J connectivity index is 1.46. The molecule has 212 valence electrons. The van der Waals surface area contributed by atoms with Gasteiger partial charge in [-0.1, -0.05) is 121 Å². The number of fused-ring (bicyclic) bond motifs is 6. The van der Waals surface area contributed by atoms with Gasteiger partial charge in [-0.3, -0.25) is 4.98 Å². The van der Waals surface area contributed by atoms with Gasteiger partial charge in [0.1, 0.15) is 11.1 Å². The normalized spacial score (nSPS) is 12.0. The van der Waals surface area contributed by atoms with E-state index < -0.39 is 8.07 Å². The number of para-hydroxylation sites is 3. The average molecular weight is 593 g/mol. The van der Waals surface area contributed by atoms with Crippen LogP contribution in [0.25, 0.3) is 49.6 Å². The minimum Gasteiger partial charge on any atom is -0.454 e. The fourth-order valence-electron chi connectivity index (χ4n) is 7.34. The van der Waals surface area contributed by atoms with Crippen LogP contribution in [0.2, 0.25) is 0 Å². The summed E-state index contributed by atoms with van der Waals surface area (Å²) in [7, 11) is -2.94. The third-order valence-electron chi connectivity index (χ3n) is 9.20. The molecule has 0 fully saturated rings. The first-order valence-corrected chi connectivity index (χ1v) is 17.3. The van der Waals surface area contributed by atoms with E-state index in [4.69, 9.17) is 9.40 Å². The fourth-order valence-corrected chi connectivity index (χ4v) is 12.3. The van der Waals surface area contributed by atoms with E-state index >= 15 is 0 Å². The van der Waals surface area contributed by atoms with Crippen LogP contribution in [0.4, 0.5) is 0 Å². The van der Waals surface area contributed by atoms with E-state index in [0.29, 0.717) is 0 Å². The van der Waals surface area contributed by atoms with Gasteiger partial charge in [0.2, 0.25) is 0 Å². The van der Waals surface area contributed by atoms with Crippen LogP contribution in [0.1, 0.15) is 0 Å². The monoisotopic (exact) mass is 592 g/mol. The number of hydrogen-bond acceptors (Lipinski definition) is 2. The highest BCUT2D eigenvalue weighted by Crippen LogP contribution is 2.32. The molecule has 0 saturated heterocycles. The first-order chi connectivity index (χ1) is 22.3. The second-order valence-electron chi connectivity index (χ2n) is 11.5. The minimum atomic E-state index is -2.94. The van der Waals surface area contributed by atoms with Crippen molar-refractivity contribution < 1.29 is 4.42 Å². The van der Waals surface area contributed by atoms with Crippen LogP contribution < -0.4 is 20.7 Å². The Hall–Kier alpha value is -5.71. The van der Waals surface area contributed by atoms with Crippen molar-refractivity contribution in [2.24, 2.45) is 0 Å². The maximum Gasteiger partial charge on any atom is 0.181 e. The van der Waals surface area contributed by atoms with Crippen molar-refractivity contribution >= 4 is 72.7 Å². The molecule has 3 nitrogen and oxygen atoms in total. The van der Waals surface area contributed by atoms with Gasteiger partial charge < -0.3 is 8.98 Å². The maximum absolute atomic E-state index is 6.27. The number of nitrogens with zero attached hydrogens (tertiary/aromatic N) is 2. The molecule has 0 spiro atoms. The molecule has 0 bridgehead atoms. The van der Waals surface area contributed by atoms with E-state index in [1.54, 1.807) is 0 Å². The lowest BCUT2D eigenvalue weighted by Gasteiger charge is -2.36. The molecule has 4 heteroatoms. The lowest BCUT2D eigenvalue weighted by Crippen LogP contribution is -2.75. The number of hydrogen-bond donors (Lipinski definition) is 0. The zero-order valence-electron chi connectivity index (χ0n) is 24.5. The van der Waals surface area contributed by atoms with Crippen LogP contribution in [0.15, 0.2) is 174 Å². The zero-order valence-corrected chi connectivity index (χ0v) is 25.5. The summed E-state index contributed by atoms with van der Waals surface area (Å²) in [6, 6.07) is 59.5. The molecule has 0 N–H and O–H groups in total. The summed E-state index contributed by atoms with van der Waals surface area (Å²) < 4.78 is 8.74. The lowest BCUT2D eigenvalue weighted by molar-refractivity contribution is 0.668. The molecule has 0 aliphatic heterocycles. The van der Waals surface area contributed by atoms with Gasteiger partial charge in [-0.05, 0) is 63.2 Å². The van der Waals surface area contributed by atoms with Crippen molar-refractivity contribution in [1.82, 2.24) is 9.55 Å². The van der Waals surface area contributed by atoms with Crippen molar-refractivity contribution in [2.45, 2.75) is 0 Å². The summed E-state index contributed by atoms with van der Waals surface area (Å²) in [5.41, 5.74) is 6.17. The molecule has 0 atom stereocenters. The summed E-state index contributed by atoms with van der Waals surface area (Å²) >= 11 is 0. The molecule has 6 aromatic carbocycles. The quantitative estimate of drug-likeness (QED) is 0.154. The Morgan fingerprint density at radius 2 is 1.07 bits per heavy atom. The van der Waals surface area contributed by atoms with Crippen molar-refractivity contribution in [3.8, 4) is 5.69 Å². The third-order valence-corrected chi connectivity index (χ3v) is 14.0. The SMILES string of the molecule is c1ccc([Si](c2ccccc2)(c2ccc3oc4cccnc4c3c2)c2ccccc2-n2c3ccccc3c3ccccc32)cc1. The molecule has 0 aliphatic rings. The van der Waals surface area contributed by atoms with Crippen LogP contribution in [0.5, 0.6) is 0 Å². The summed E-state index contributed by atoms with van der Waals surface area (Å²) in [5.74, 6) is 0. The standard InChI is InChI=1S/C41H28N2OSi/c1-3-14-29(15-4-1)45(30-16-5-2-6-17-30,31-25-26-38-34(28-31)41-39(44-38)23-13-27-42-41)40-24-12-11-22-37(40)43-35-20-9-7-18-32(35)33-19-8-10-21-36(33)43/h1-28H. The van der Waals surface area contributed by atoms with Crippen LogP contribution in [-0.2, 0) is 0 Å². The molecule has 9 aromatic rings. The topological polar surface area (TPSA) is 31.0 Å². The lowest BCUT2D eigenvalue weighted by atomic mass is 10.2. The zero-order chi connectivity index (χ0) is 29.8. The Morgan fingerprint density at radius 3 is 1.76 bits per heavy atom. The van der Waals surface area contributed by atoms with Gasteiger partial charge in [-0.25, -0.2) is 0 Å². The number of pyridine rings is 1. The summed E-state index contributed by atoms with van der Waals surface area (Å²) in [6.45, 7) is 0. The van der Waals surface area contributed by atoms with E-state index in [9.17, 15) is 0 Å². The maximum atomic E-state index is 6.27. The van der Waals surface area contributed by atoms with E-state index in [1.807, 2.05) is 18.3 Å². The summed E-state index contributed by atoms with van der Waals surface area (Å²) in [4.78, 5) is 4.75. The van der Waals surface area contributed by atoms with Crippen LogP contribution in [0, 0.1) is 0 Å². The predicted octanol–water partition coefficient (Wildman–Crippen LogP) is 7.46. The van der Waals surface area contributed by atoms with Gasteiger partial charge in [0.15, 0.2) is 13.7 Å². The highest BCUT2D eigenvalue weighted by Gasteiger charge is 2.43. The number of furan rings is 1. The molecule has 0 amide bonds. The summed E-state index contributed by atoms with van der Waals surface area (Å²) in [5, 5.41) is 8.82. The fraction of sp³-hybridized carbons (Fsp3) is 0. The van der Waals surface area contributed by atoms with Gasteiger partial charge in [0.05, 0.1) is 11.0 Å². The molecule has 0 unspecified atom stereocenters. The third kappa shape index (κ3) is 3.79. The van der Waals surface area contributed by atoms with Crippen LogP contribution in [0.3, 0.4) is 0 Å². The molecule has 0 aliphatic carbocycles. The smallest absolute Gasteiger partial charge is 0.181 e. The molecular weight excluding hydrogens is 565 g/mol. The number of rotatable bonds is 5. The first kappa shape index (κ1) is 25.8. The second kappa shape index (κ2) is 10.2. The molecule has 3 aromatic heterocycles. The van der Waals surface area contributed by atoms with Crippen LogP contribution in [-0.4, -0.2) is 17.6 Å². The van der Waals surface area contributed by atoms with Crippen molar-refractivity contribution in [3.63, 3.8) is 0 Å². The van der Waals surface area contributed by atoms with Crippen LogP contribution >= 0.6 is 0 Å². The Bertz CT molecular complexity index is 2400. The largest absolute Gasteiger partial charge is 0.454 e. The highest BCUT2D eigenvalue weighted by atomic mass is 28.3. The van der Waals surface area contributed by atoms with Crippen molar-refractivity contribution in [3.05, 3.63) is 170 Å². The average Bonchev–Trinajstić information content (AvgIpc) is 3.66. The molecule has 0 radical (unpaired) electrons. The van der Waals surface area contributed by atoms with Gasteiger partial charge in [-0.15, -0.1) is 0 Å². The second-order valence-corrected chi connectivity index (χ2v) is 15.3. The Kier molecular flexibility index (Phi) is 5.83. The molecule has 3 heterocycles. The number of aromatic nitrogens is 2. The molecule has 45 heavy (non-hydrogen) atoms. The predicted molar refractivity (Wildman–Crippen MR) is 189 cm³/mol. The van der Waals surface area contributed by atoms with Crippen molar-refractivity contribution in [2.75, 3.05) is 0 Å². The molecule has 9 rings (SSSR count). The molecule has 0 saturated carbocycles. The van der Waals surface area contributed by atoms with E-state index in [-0.39, 0.29) is 0 Å². The Morgan fingerprint density at radius 1 is 0.467 bits per heavy atom. The minimum absolute atomic E-state index is 0.807. The highest BCUT2D eigenvalue weighted by molar-refractivity contribution is 7.20. The number of benzene rings is 6. The van der Waals surface area contributed by atoms with Gasteiger partial charge in [0, 0.05) is 28.0 Å². The van der Waals surface area contributed by atoms with E-state index in [1.165, 1.54) is 48.2 Å². The van der Waals surface area contributed by atoms with Crippen molar-refractivity contribution in [1.29, 1.82) is 0 Å². The van der Waals surface area contributed by atoms with E-state index in [2.05, 4.69) is 156 Å². The van der Waals surface area contributed by atoms with Gasteiger partial charge in [0.25, 0.3) is 0 Å². The van der Waals surface area contributed by atoms with Gasteiger partial charge in [-0.2, -0.15) is 0 Å². The Labute approximate surface area is 261 Å². The van der Waals surface area contributed by atoms with E-state index in [0.717, 1.165) is 22.1 Å². The summed E-state index contributed by atoms with van der Waals surface area (Å²) in [6.07, 6.45) is 1.85. The first-order valence-electron chi connectivity index (χ1n) is 15.3.